The number of hydrogen-bond donors (Lipinski definition) is 1. The Morgan fingerprint density at radius 3 is 2.34 bits per heavy atom. The van der Waals surface area contributed by atoms with Gasteiger partial charge in [0.1, 0.15) is 5.54 Å². The maximum Gasteiger partial charge on any atom is 0.325 e. The summed E-state index contributed by atoms with van der Waals surface area (Å²) >= 11 is 0. The maximum atomic E-state index is 13.4. The summed E-state index contributed by atoms with van der Waals surface area (Å²) in [5.41, 5.74) is 0.585. The first kappa shape index (κ1) is 21.4. The largest absolute Gasteiger partial charge is 0.342 e. The van der Waals surface area contributed by atoms with E-state index in [1.807, 2.05) is 11.0 Å². The second-order valence-corrected chi connectivity index (χ2v) is 10.1. The van der Waals surface area contributed by atoms with Crippen molar-refractivity contribution in [3.8, 4) is 0 Å². The third-order valence-electron chi connectivity index (χ3n) is 8.03. The van der Waals surface area contributed by atoms with E-state index in [1.54, 1.807) is 0 Å². The van der Waals surface area contributed by atoms with Crippen molar-refractivity contribution in [1.82, 2.24) is 20.0 Å². The molecule has 32 heavy (non-hydrogen) atoms. The summed E-state index contributed by atoms with van der Waals surface area (Å²) in [6.45, 7) is 6.01. The SMILES string of the molecule is CC1CC1C(=O)N1CCC(N2C(=O)NC3(CCN(CCc4ccccc4)CC3)C2=O)CC1. The lowest BCUT2D eigenvalue weighted by Gasteiger charge is -2.39. The summed E-state index contributed by atoms with van der Waals surface area (Å²) in [7, 11) is 0. The van der Waals surface area contributed by atoms with Gasteiger partial charge in [-0.1, -0.05) is 37.3 Å². The number of likely N-dealkylation sites (tertiary alicyclic amines) is 2. The Morgan fingerprint density at radius 1 is 1.06 bits per heavy atom. The standard InChI is InChI=1S/C25H34N4O3/c1-18-17-21(18)22(30)28-13-8-20(9-14-28)29-23(31)25(26-24(29)32)10-15-27(16-11-25)12-7-19-5-3-2-4-6-19/h2-6,18,20-21H,7-17H2,1H3,(H,26,32). The van der Waals surface area contributed by atoms with Crippen LogP contribution in [-0.2, 0) is 16.0 Å². The van der Waals surface area contributed by atoms with Crippen LogP contribution in [0.4, 0.5) is 4.79 Å². The van der Waals surface area contributed by atoms with Gasteiger partial charge in [0.15, 0.2) is 0 Å². The molecule has 1 saturated carbocycles. The summed E-state index contributed by atoms with van der Waals surface area (Å²) < 4.78 is 0. The van der Waals surface area contributed by atoms with Gasteiger partial charge in [-0.05, 0) is 50.0 Å². The molecule has 1 spiro atoms. The van der Waals surface area contributed by atoms with E-state index in [0.717, 1.165) is 32.5 Å². The number of rotatable bonds is 5. The van der Waals surface area contributed by atoms with Gasteiger partial charge in [0.2, 0.25) is 5.91 Å². The Bertz CT molecular complexity index is 872. The predicted octanol–water partition coefficient (Wildman–Crippen LogP) is 2.26. The van der Waals surface area contributed by atoms with Crippen LogP contribution in [0.2, 0.25) is 0 Å². The highest BCUT2D eigenvalue weighted by atomic mass is 16.2. The quantitative estimate of drug-likeness (QED) is 0.716. The number of benzene rings is 1. The first-order chi connectivity index (χ1) is 15.5. The fourth-order valence-electron chi connectivity index (χ4n) is 5.65. The molecule has 7 heteroatoms. The molecule has 1 aromatic rings. The van der Waals surface area contributed by atoms with Gasteiger partial charge < -0.3 is 15.1 Å². The van der Waals surface area contributed by atoms with E-state index in [9.17, 15) is 14.4 Å². The van der Waals surface area contributed by atoms with Gasteiger partial charge in [-0.15, -0.1) is 0 Å². The minimum atomic E-state index is -0.739. The number of hydrogen-bond acceptors (Lipinski definition) is 4. The normalized spacial score (nSPS) is 28.3. The van der Waals surface area contributed by atoms with Crippen molar-refractivity contribution in [3.63, 3.8) is 0 Å². The number of imide groups is 1. The van der Waals surface area contributed by atoms with Crippen molar-refractivity contribution >= 4 is 17.8 Å². The van der Waals surface area contributed by atoms with Crippen molar-refractivity contribution in [2.45, 2.75) is 57.0 Å². The number of carbonyl (C=O) groups excluding carboxylic acids is 3. The van der Waals surface area contributed by atoms with Gasteiger partial charge in [-0.3, -0.25) is 14.5 Å². The second kappa shape index (κ2) is 8.50. The lowest BCUT2D eigenvalue weighted by Crippen LogP contribution is -2.56. The van der Waals surface area contributed by atoms with Gasteiger partial charge in [-0.2, -0.15) is 0 Å². The summed E-state index contributed by atoms with van der Waals surface area (Å²) in [5, 5.41) is 3.06. The van der Waals surface area contributed by atoms with E-state index in [0.29, 0.717) is 44.7 Å². The van der Waals surface area contributed by atoms with Crippen molar-refractivity contribution in [2.75, 3.05) is 32.7 Å². The van der Waals surface area contributed by atoms with E-state index in [4.69, 9.17) is 0 Å². The lowest BCUT2D eigenvalue weighted by atomic mass is 9.86. The molecule has 1 aromatic carbocycles. The number of amides is 4. The van der Waals surface area contributed by atoms with Crippen LogP contribution < -0.4 is 5.32 Å². The molecule has 2 atom stereocenters. The summed E-state index contributed by atoms with van der Waals surface area (Å²) in [6.07, 6.45) is 4.70. The Kier molecular flexibility index (Phi) is 5.70. The number of nitrogens with zero attached hydrogens (tertiary/aromatic N) is 3. The average Bonchev–Trinajstić information content (AvgIpc) is 3.50. The highest BCUT2D eigenvalue weighted by molar-refractivity contribution is 6.07. The molecule has 0 aromatic heterocycles. The smallest absolute Gasteiger partial charge is 0.325 e. The van der Waals surface area contributed by atoms with E-state index in [2.05, 4.69) is 41.4 Å². The molecule has 0 radical (unpaired) electrons. The highest BCUT2D eigenvalue weighted by Crippen LogP contribution is 2.40. The van der Waals surface area contributed by atoms with Crippen LogP contribution in [0.5, 0.6) is 0 Å². The molecular weight excluding hydrogens is 404 g/mol. The fraction of sp³-hybridized carbons (Fsp3) is 0.640. The monoisotopic (exact) mass is 438 g/mol. The molecule has 2 unspecified atom stereocenters. The molecule has 7 nitrogen and oxygen atoms in total. The van der Waals surface area contributed by atoms with Crippen molar-refractivity contribution in [3.05, 3.63) is 35.9 Å². The predicted molar refractivity (Wildman–Crippen MR) is 121 cm³/mol. The van der Waals surface area contributed by atoms with Crippen molar-refractivity contribution in [1.29, 1.82) is 0 Å². The molecule has 1 N–H and O–H groups in total. The van der Waals surface area contributed by atoms with Crippen LogP contribution in [-0.4, -0.2) is 76.8 Å². The van der Waals surface area contributed by atoms with Gasteiger partial charge >= 0.3 is 6.03 Å². The molecule has 4 fully saturated rings. The van der Waals surface area contributed by atoms with Gasteiger partial charge in [0, 0.05) is 44.7 Å². The van der Waals surface area contributed by atoms with Gasteiger partial charge in [0.25, 0.3) is 5.91 Å². The third-order valence-corrected chi connectivity index (χ3v) is 8.03. The molecule has 4 aliphatic rings. The Morgan fingerprint density at radius 2 is 1.72 bits per heavy atom. The first-order valence-corrected chi connectivity index (χ1v) is 12.2. The van der Waals surface area contributed by atoms with E-state index in [1.165, 1.54) is 10.5 Å². The van der Waals surface area contributed by atoms with Gasteiger partial charge in [0.05, 0.1) is 0 Å². The molecular formula is C25H34N4O3. The zero-order valence-corrected chi connectivity index (χ0v) is 19.0. The summed E-state index contributed by atoms with van der Waals surface area (Å²) in [4.78, 5) is 44.5. The first-order valence-electron chi connectivity index (χ1n) is 12.2. The van der Waals surface area contributed by atoms with Crippen LogP contribution in [0, 0.1) is 11.8 Å². The van der Waals surface area contributed by atoms with Crippen LogP contribution in [0.25, 0.3) is 0 Å². The molecule has 1 aliphatic carbocycles. The van der Waals surface area contributed by atoms with Crippen LogP contribution in [0.3, 0.4) is 0 Å². The maximum absolute atomic E-state index is 13.4. The van der Waals surface area contributed by atoms with E-state index < -0.39 is 5.54 Å². The zero-order chi connectivity index (χ0) is 22.3. The molecule has 5 rings (SSSR count). The topological polar surface area (TPSA) is 73.0 Å². The van der Waals surface area contributed by atoms with Crippen molar-refractivity contribution in [2.24, 2.45) is 11.8 Å². The molecule has 3 aliphatic heterocycles. The molecule has 3 saturated heterocycles. The number of nitrogens with one attached hydrogen (secondary N) is 1. The Labute approximate surface area is 190 Å². The average molecular weight is 439 g/mol. The van der Waals surface area contributed by atoms with E-state index >= 15 is 0 Å². The molecule has 172 valence electrons. The minimum Gasteiger partial charge on any atom is -0.342 e. The van der Waals surface area contributed by atoms with Gasteiger partial charge in [-0.25, -0.2) is 4.79 Å². The summed E-state index contributed by atoms with van der Waals surface area (Å²) in [5.74, 6) is 0.904. The Balaban J connectivity index is 1.14. The number of urea groups is 1. The minimum absolute atomic E-state index is 0.0502. The van der Waals surface area contributed by atoms with Crippen LogP contribution >= 0.6 is 0 Å². The van der Waals surface area contributed by atoms with Crippen LogP contribution in [0.15, 0.2) is 30.3 Å². The fourth-order valence-corrected chi connectivity index (χ4v) is 5.65. The number of piperidine rings is 2. The van der Waals surface area contributed by atoms with Crippen molar-refractivity contribution < 1.29 is 14.4 Å². The molecule has 4 amide bonds. The Hall–Kier alpha value is -2.41. The van der Waals surface area contributed by atoms with Crippen LogP contribution in [0.1, 0.15) is 44.6 Å². The lowest BCUT2D eigenvalue weighted by molar-refractivity contribution is -0.137. The second-order valence-electron chi connectivity index (χ2n) is 10.1. The third kappa shape index (κ3) is 4.03. The number of carbonyl (C=O) groups is 3. The summed E-state index contributed by atoms with van der Waals surface area (Å²) in [6, 6.07) is 10.1. The molecule has 0 bridgehead atoms. The highest BCUT2D eigenvalue weighted by Gasteiger charge is 2.54. The van der Waals surface area contributed by atoms with E-state index in [-0.39, 0.29) is 29.8 Å². The molecule has 3 heterocycles. The zero-order valence-electron chi connectivity index (χ0n) is 19.0.